The van der Waals surface area contributed by atoms with Crippen LogP contribution in [-0.2, 0) is 0 Å². The van der Waals surface area contributed by atoms with Crippen LogP contribution in [0.3, 0.4) is 0 Å². The average Bonchev–Trinajstić information content (AvgIpc) is 2.38. The molecule has 134 valence electrons. The van der Waals surface area contributed by atoms with Gasteiger partial charge in [-0.1, -0.05) is 24.9 Å². The zero-order chi connectivity index (χ0) is 18.3. The monoisotopic (exact) mass is 392 g/mol. The molecule has 11 heteroatoms. The molecule has 0 nitrogen and oxygen atoms in total. The number of benzene rings is 1. The number of hydrogen-bond donors (Lipinski definition) is 0. The summed E-state index contributed by atoms with van der Waals surface area (Å²) in [5.41, 5.74) is 0. The summed E-state index contributed by atoms with van der Waals surface area (Å²) in [4.78, 5) is -3.46. The van der Waals surface area contributed by atoms with Crippen LogP contribution in [0, 0.1) is 29.1 Å². The van der Waals surface area contributed by atoms with E-state index in [1.165, 1.54) is 0 Å². The molecular formula is C12H10ClF9S. The second-order valence-electron chi connectivity index (χ2n) is 4.70. The van der Waals surface area contributed by atoms with Gasteiger partial charge in [0.25, 0.3) is 0 Å². The Morgan fingerprint density at radius 1 is 0.870 bits per heavy atom. The highest BCUT2D eigenvalue weighted by Crippen LogP contribution is 3.02. The van der Waals surface area contributed by atoms with Gasteiger partial charge >= 0.3 is 0 Å². The normalized spacial score (nSPS) is 16.2. The molecule has 0 aliphatic rings. The molecule has 0 bridgehead atoms. The van der Waals surface area contributed by atoms with Gasteiger partial charge < -0.3 is 0 Å². The molecule has 1 aromatic carbocycles. The molecule has 0 amide bonds. The SMILES string of the molecule is CCCCC(Cl)=CS(F)(F)(F)(F)c1c(F)c(F)c(F)c(F)c1F. The fourth-order valence-electron chi connectivity index (χ4n) is 1.68. The first-order valence-electron chi connectivity index (χ1n) is 6.04. The smallest absolute Gasteiger partial charge is 0.202 e. The van der Waals surface area contributed by atoms with Crippen LogP contribution in [0.2, 0.25) is 0 Å². The molecule has 0 N–H and O–H groups in total. The van der Waals surface area contributed by atoms with Crippen LogP contribution in [0.25, 0.3) is 0 Å². The van der Waals surface area contributed by atoms with Crippen LogP contribution in [0.4, 0.5) is 37.5 Å². The van der Waals surface area contributed by atoms with Crippen molar-refractivity contribution in [1.29, 1.82) is 0 Å². The maximum absolute atomic E-state index is 13.9. The summed E-state index contributed by atoms with van der Waals surface area (Å²) in [6.07, 6.45) is -0.00394. The highest BCUT2D eigenvalue weighted by atomic mass is 35.5. The van der Waals surface area contributed by atoms with Gasteiger partial charge in [0.1, 0.15) is 0 Å². The lowest BCUT2D eigenvalue weighted by Gasteiger charge is -2.47. The van der Waals surface area contributed by atoms with E-state index in [-0.39, 0.29) is 6.42 Å². The molecule has 0 spiro atoms. The summed E-state index contributed by atoms with van der Waals surface area (Å²) >= 11 is 5.21. The van der Waals surface area contributed by atoms with Crippen molar-refractivity contribution in [1.82, 2.24) is 0 Å². The third-order valence-corrected chi connectivity index (χ3v) is 5.13. The number of unbranched alkanes of at least 4 members (excludes halogenated alkanes) is 1. The molecule has 0 saturated carbocycles. The van der Waals surface area contributed by atoms with Crippen LogP contribution in [0.1, 0.15) is 26.2 Å². The molecule has 0 aliphatic carbocycles. The lowest BCUT2D eigenvalue weighted by molar-refractivity contribution is 0.342. The van der Waals surface area contributed by atoms with Crippen molar-refractivity contribution < 1.29 is 37.5 Å². The van der Waals surface area contributed by atoms with Crippen molar-refractivity contribution in [2.45, 2.75) is 31.1 Å². The van der Waals surface area contributed by atoms with E-state index in [1.807, 2.05) is 0 Å². The molecule has 0 heterocycles. The van der Waals surface area contributed by atoms with Crippen molar-refractivity contribution in [3.63, 3.8) is 0 Å². The maximum Gasteiger partial charge on any atom is 0.210 e. The molecule has 1 rings (SSSR count). The van der Waals surface area contributed by atoms with Gasteiger partial charge in [0, 0.05) is 5.03 Å². The van der Waals surface area contributed by atoms with Crippen LogP contribution in [-0.4, -0.2) is 0 Å². The van der Waals surface area contributed by atoms with E-state index >= 15 is 0 Å². The van der Waals surface area contributed by atoms with Gasteiger partial charge in [-0.15, -0.1) is 15.5 Å². The Bertz CT molecular complexity index is 648. The van der Waals surface area contributed by atoms with Crippen LogP contribution in [0.15, 0.2) is 15.3 Å². The zero-order valence-electron chi connectivity index (χ0n) is 11.4. The first-order valence-corrected chi connectivity index (χ1v) is 8.53. The third kappa shape index (κ3) is 3.90. The van der Waals surface area contributed by atoms with Crippen molar-refractivity contribution in [2.24, 2.45) is 0 Å². The predicted molar refractivity (Wildman–Crippen MR) is 70.0 cm³/mol. The summed E-state index contributed by atoms with van der Waals surface area (Å²) in [5, 5.41) is -2.33. The van der Waals surface area contributed by atoms with E-state index in [4.69, 9.17) is 11.6 Å². The number of rotatable bonds is 5. The zero-order valence-corrected chi connectivity index (χ0v) is 13.0. The van der Waals surface area contributed by atoms with Crippen molar-refractivity contribution in [2.75, 3.05) is 0 Å². The molecule has 0 aromatic heterocycles. The Balaban J connectivity index is 3.78. The van der Waals surface area contributed by atoms with Gasteiger partial charge in [-0.05, 0) is 12.8 Å². The van der Waals surface area contributed by atoms with Crippen molar-refractivity contribution >= 4 is 21.4 Å². The van der Waals surface area contributed by atoms with Gasteiger partial charge in [0.05, 0.1) is 5.41 Å². The van der Waals surface area contributed by atoms with Crippen molar-refractivity contribution in [3.05, 3.63) is 39.5 Å². The Kier molecular flexibility index (Phi) is 4.79. The topological polar surface area (TPSA) is 0 Å². The highest BCUT2D eigenvalue weighted by molar-refractivity contribution is 8.52. The minimum Gasteiger partial charge on any atom is -0.202 e. The third-order valence-electron chi connectivity index (χ3n) is 2.73. The lowest BCUT2D eigenvalue weighted by atomic mass is 10.2. The van der Waals surface area contributed by atoms with E-state index < -0.39 is 60.7 Å². The molecule has 0 fully saturated rings. The molecule has 23 heavy (non-hydrogen) atoms. The second kappa shape index (κ2) is 5.51. The summed E-state index contributed by atoms with van der Waals surface area (Å²) in [6.45, 7) is 1.58. The predicted octanol–water partition coefficient (Wildman–Crippen LogP) is 7.43. The first-order chi connectivity index (χ1) is 10.1. The molecule has 0 aliphatic heterocycles. The van der Waals surface area contributed by atoms with Gasteiger partial charge in [-0.2, -0.15) is 0 Å². The van der Waals surface area contributed by atoms with Crippen LogP contribution in [0.5, 0.6) is 0 Å². The summed E-state index contributed by atoms with van der Waals surface area (Å²) in [7, 11) is -10.00. The molecular weight excluding hydrogens is 383 g/mol. The Labute approximate surface area is 130 Å². The quantitative estimate of drug-likeness (QED) is 0.278. The maximum atomic E-state index is 13.9. The fourth-order valence-corrected chi connectivity index (χ4v) is 4.03. The fraction of sp³-hybridized carbons (Fsp3) is 0.333. The van der Waals surface area contributed by atoms with Crippen molar-refractivity contribution in [3.8, 4) is 0 Å². The van der Waals surface area contributed by atoms with E-state index in [0.29, 0.717) is 6.42 Å². The van der Waals surface area contributed by atoms with Gasteiger partial charge in [0.2, 0.25) is 15.7 Å². The summed E-state index contributed by atoms with van der Waals surface area (Å²) in [5.74, 6) is -15.2. The van der Waals surface area contributed by atoms with Crippen LogP contribution >= 0.6 is 21.4 Å². The lowest BCUT2D eigenvalue weighted by Crippen LogP contribution is -2.19. The summed E-state index contributed by atoms with van der Waals surface area (Å²) < 4.78 is 121. The number of allylic oxidation sites excluding steroid dienone is 1. The second-order valence-corrected chi connectivity index (χ2v) is 8.09. The largest absolute Gasteiger partial charge is 0.210 e. The van der Waals surface area contributed by atoms with Gasteiger partial charge in [-0.3, -0.25) is 0 Å². The highest BCUT2D eigenvalue weighted by Gasteiger charge is 2.67. The molecule has 0 saturated heterocycles. The Morgan fingerprint density at radius 2 is 1.26 bits per heavy atom. The molecule has 1 aromatic rings. The first kappa shape index (κ1) is 20.0. The molecule has 0 radical (unpaired) electrons. The van der Waals surface area contributed by atoms with Gasteiger partial charge in [0.15, 0.2) is 28.2 Å². The van der Waals surface area contributed by atoms with Crippen LogP contribution < -0.4 is 0 Å². The molecule has 0 unspecified atom stereocenters. The van der Waals surface area contributed by atoms with E-state index in [1.54, 1.807) is 6.92 Å². The van der Waals surface area contributed by atoms with E-state index in [9.17, 15) is 37.5 Å². The Hall–Kier alpha value is -1.03. The van der Waals surface area contributed by atoms with E-state index in [0.717, 1.165) is 0 Å². The van der Waals surface area contributed by atoms with Gasteiger partial charge in [-0.25, -0.2) is 22.0 Å². The number of hydrogen-bond acceptors (Lipinski definition) is 0. The number of halogens is 10. The average molecular weight is 393 g/mol. The minimum absolute atomic E-state index is 0.0975. The molecule has 0 atom stereocenters. The summed E-state index contributed by atoms with van der Waals surface area (Å²) in [6, 6.07) is 0. The standard InChI is InChI=1S/C12H10ClF9S/c1-2-3-4-6(13)5-23(19,20,21,22)12-10(17)8(15)7(14)9(16)11(12)18/h5H,2-4H2,1H3. The van der Waals surface area contributed by atoms with E-state index in [2.05, 4.69) is 0 Å². The Morgan fingerprint density at radius 3 is 1.65 bits per heavy atom. The minimum atomic E-state index is -10.00.